The summed E-state index contributed by atoms with van der Waals surface area (Å²) in [6, 6.07) is 9.23. The van der Waals surface area contributed by atoms with E-state index in [0.717, 1.165) is 5.56 Å². The molecule has 0 unspecified atom stereocenters. The standard InChI is InChI=1S/C10H12O2.Al.3ClH/c1-10(2,9(11)12)8-6-4-3-5-7-8;;;;/h3-7H,1-2H3,(H,11,12);;3*1H/q;+3;;;/p-3. The van der Waals surface area contributed by atoms with Gasteiger partial charge in [0, 0.05) is 0 Å². The van der Waals surface area contributed by atoms with Crippen molar-refractivity contribution in [1.82, 2.24) is 0 Å². The average Bonchev–Trinajstić information content (AvgIpc) is 2.18. The van der Waals surface area contributed by atoms with Crippen LogP contribution >= 0.6 is 30.1 Å². The first-order valence-electron chi connectivity index (χ1n) is 4.49. The quantitative estimate of drug-likeness (QED) is 0.844. The fourth-order valence-electron chi connectivity index (χ4n) is 0.978. The van der Waals surface area contributed by atoms with Crippen molar-refractivity contribution >= 4 is 47.5 Å². The van der Waals surface area contributed by atoms with Crippen LogP contribution in [-0.4, -0.2) is 22.5 Å². The normalized spacial score (nSPS) is 10.1. The molecular weight excluding hydrogens is 285 g/mol. The Hall–Kier alpha value is 0.0925. The highest BCUT2D eigenvalue weighted by atomic mass is 35.8. The van der Waals surface area contributed by atoms with Crippen molar-refractivity contribution in [2.24, 2.45) is 0 Å². The van der Waals surface area contributed by atoms with Crippen molar-refractivity contribution in [3.8, 4) is 0 Å². The fraction of sp³-hybridized carbons (Fsp3) is 0.300. The van der Waals surface area contributed by atoms with Gasteiger partial charge in [-0.15, -0.1) is 0 Å². The molecule has 1 N–H and O–H groups in total. The molecular formula is C10H12AlCl3O2. The van der Waals surface area contributed by atoms with Crippen LogP contribution < -0.4 is 0 Å². The van der Waals surface area contributed by atoms with Crippen LogP contribution in [-0.2, 0) is 10.2 Å². The Balaban J connectivity index is 0.000000487. The molecule has 0 atom stereocenters. The number of hydrogen-bond acceptors (Lipinski definition) is 1. The SMILES string of the molecule is CC(C)(C(=O)O)c1ccccc1.[Cl][Al]([Cl])[Cl]. The van der Waals surface area contributed by atoms with Gasteiger partial charge >= 0.3 is 17.4 Å². The Morgan fingerprint density at radius 1 is 1.19 bits per heavy atom. The molecule has 16 heavy (non-hydrogen) atoms. The summed E-state index contributed by atoms with van der Waals surface area (Å²) in [7, 11) is 14.8. The summed E-state index contributed by atoms with van der Waals surface area (Å²) in [4.78, 5) is 10.8. The van der Waals surface area contributed by atoms with Crippen LogP contribution in [0, 0.1) is 0 Å². The number of carboxylic acids is 1. The van der Waals surface area contributed by atoms with Crippen molar-refractivity contribution < 1.29 is 9.90 Å². The monoisotopic (exact) mass is 296 g/mol. The second kappa shape index (κ2) is 7.42. The molecule has 0 heterocycles. The number of carbonyl (C=O) groups is 1. The molecule has 0 saturated heterocycles. The van der Waals surface area contributed by atoms with Gasteiger partial charge in [-0.3, -0.25) is 4.79 Å². The van der Waals surface area contributed by atoms with E-state index in [2.05, 4.69) is 0 Å². The lowest BCUT2D eigenvalue weighted by Crippen LogP contribution is -2.28. The third kappa shape index (κ3) is 5.98. The molecule has 1 aromatic rings. The van der Waals surface area contributed by atoms with E-state index in [1.807, 2.05) is 30.3 Å². The van der Waals surface area contributed by atoms with Crippen molar-refractivity contribution in [2.75, 3.05) is 0 Å². The largest absolute Gasteiger partial charge is 0.643 e. The molecule has 0 amide bonds. The van der Waals surface area contributed by atoms with Crippen LogP contribution in [0.25, 0.3) is 0 Å². The predicted molar refractivity (Wildman–Crippen MR) is 70.4 cm³/mol. The molecule has 0 aliphatic rings. The van der Waals surface area contributed by atoms with E-state index in [1.165, 1.54) is 0 Å². The lowest BCUT2D eigenvalue weighted by molar-refractivity contribution is -0.142. The van der Waals surface area contributed by atoms with E-state index in [-0.39, 0.29) is 0 Å². The van der Waals surface area contributed by atoms with Gasteiger partial charge in [0.1, 0.15) is 0 Å². The molecule has 1 rings (SSSR count). The van der Waals surface area contributed by atoms with E-state index < -0.39 is 22.8 Å². The third-order valence-corrected chi connectivity index (χ3v) is 2.03. The van der Waals surface area contributed by atoms with Gasteiger partial charge in [0.05, 0.1) is 5.41 Å². The number of rotatable bonds is 2. The molecule has 0 radical (unpaired) electrons. The fourth-order valence-corrected chi connectivity index (χ4v) is 0.978. The highest BCUT2D eigenvalue weighted by Crippen LogP contribution is 2.22. The Labute approximate surface area is 112 Å². The summed E-state index contributed by atoms with van der Waals surface area (Å²) < 4.78 is 0. The Bertz CT molecular complexity index is 325. The second-order valence-electron chi connectivity index (χ2n) is 3.54. The van der Waals surface area contributed by atoms with Gasteiger partial charge in [0.2, 0.25) is 0 Å². The molecule has 0 saturated carbocycles. The summed E-state index contributed by atoms with van der Waals surface area (Å²) in [5, 5.41) is 8.89. The number of hydrogen-bond donors (Lipinski definition) is 1. The molecule has 2 nitrogen and oxygen atoms in total. The third-order valence-electron chi connectivity index (χ3n) is 2.03. The first kappa shape index (κ1) is 16.1. The second-order valence-corrected chi connectivity index (χ2v) is 9.98. The maximum Gasteiger partial charge on any atom is 0.643 e. The van der Waals surface area contributed by atoms with Crippen LogP contribution in [0.5, 0.6) is 0 Å². The van der Waals surface area contributed by atoms with Crippen LogP contribution in [0.3, 0.4) is 0 Å². The van der Waals surface area contributed by atoms with Crippen molar-refractivity contribution in [3.05, 3.63) is 35.9 Å². The lowest BCUT2D eigenvalue weighted by Gasteiger charge is -2.18. The maximum atomic E-state index is 10.8. The molecule has 0 aliphatic heterocycles. The number of benzene rings is 1. The zero-order valence-corrected chi connectivity index (χ0v) is 12.4. The molecule has 0 aromatic heterocycles. The molecule has 0 spiro atoms. The van der Waals surface area contributed by atoms with Gasteiger partial charge in [-0.25, -0.2) is 30.1 Å². The van der Waals surface area contributed by atoms with E-state index in [0.29, 0.717) is 0 Å². The maximum absolute atomic E-state index is 10.8. The predicted octanol–water partition coefficient (Wildman–Crippen LogP) is 3.74. The number of aliphatic carboxylic acids is 1. The first-order chi connectivity index (χ1) is 7.28. The lowest BCUT2D eigenvalue weighted by atomic mass is 9.85. The molecule has 88 valence electrons. The number of halogens is 3. The minimum atomic E-state index is -1.72. The van der Waals surface area contributed by atoms with E-state index in [4.69, 9.17) is 35.3 Å². The first-order valence-corrected chi connectivity index (χ1v) is 9.73. The highest BCUT2D eigenvalue weighted by Gasteiger charge is 2.28. The van der Waals surface area contributed by atoms with E-state index in [1.54, 1.807) is 13.8 Å². The van der Waals surface area contributed by atoms with Gasteiger partial charge in [0.15, 0.2) is 0 Å². The van der Waals surface area contributed by atoms with Crippen molar-refractivity contribution in [2.45, 2.75) is 19.3 Å². The topological polar surface area (TPSA) is 37.3 Å². The molecule has 6 heteroatoms. The van der Waals surface area contributed by atoms with Crippen LogP contribution in [0.2, 0.25) is 0 Å². The molecule has 0 fully saturated rings. The minimum Gasteiger partial charge on any atom is -0.481 e. The molecule has 0 aliphatic carbocycles. The summed E-state index contributed by atoms with van der Waals surface area (Å²) >= 11 is -1.72. The summed E-state index contributed by atoms with van der Waals surface area (Å²) in [5.41, 5.74) is 0.0406. The summed E-state index contributed by atoms with van der Waals surface area (Å²) in [6.45, 7) is 3.40. The Morgan fingerprint density at radius 2 is 1.56 bits per heavy atom. The number of carboxylic acid groups (broad SMARTS) is 1. The Kier molecular flexibility index (Phi) is 7.47. The minimum absolute atomic E-state index is 0.790. The van der Waals surface area contributed by atoms with Gasteiger partial charge in [0.25, 0.3) is 0 Å². The average molecular weight is 298 g/mol. The van der Waals surface area contributed by atoms with Crippen LogP contribution in [0.15, 0.2) is 30.3 Å². The summed E-state index contributed by atoms with van der Waals surface area (Å²) in [5.74, 6) is -0.797. The van der Waals surface area contributed by atoms with Crippen LogP contribution in [0.1, 0.15) is 19.4 Å². The Morgan fingerprint density at radius 3 is 1.88 bits per heavy atom. The van der Waals surface area contributed by atoms with Crippen molar-refractivity contribution in [3.63, 3.8) is 0 Å². The van der Waals surface area contributed by atoms with E-state index >= 15 is 0 Å². The van der Waals surface area contributed by atoms with Gasteiger partial charge in [-0.1, -0.05) is 30.3 Å². The van der Waals surface area contributed by atoms with E-state index in [9.17, 15) is 4.79 Å². The van der Waals surface area contributed by atoms with Crippen LogP contribution in [0.4, 0.5) is 0 Å². The van der Waals surface area contributed by atoms with Gasteiger partial charge in [-0.05, 0) is 19.4 Å². The van der Waals surface area contributed by atoms with Gasteiger partial charge in [-0.2, -0.15) is 0 Å². The van der Waals surface area contributed by atoms with Crippen molar-refractivity contribution in [1.29, 1.82) is 0 Å². The zero-order valence-electron chi connectivity index (χ0n) is 8.95. The highest BCUT2D eigenvalue weighted by molar-refractivity contribution is 7.54. The smallest absolute Gasteiger partial charge is 0.481 e. The molecule has 1 aromatic carbocycles. The zero-order chi connectivity index (χ0) is 12.8. The van der Waals surface area contributed by atoms with Gasteiger partial charge < -0.3 is 5.11 Å². The summed E-state index contributed by atoms with van der Waals surface area (Å²) in [6.07, 6.45) is 0. The molecule has 0 bridgehead atoms.